The van der Waals surface area contributed by atoms with Crippen molar-refractivity contribution in [1.29, 1.82) is 5.26 Å². The van der Waals surface area contributed by atoms with Gasteiger partial charge in [0.15, 0.2) is 6.17 Å². The van der Waals surface area contributed by atoms with E-state index in [-0.39, 0.29) is 18.9 Å². The Kier molecular flexibility index (Phi) is 7.08. The van der Waals surface area contributed by atoms with E-state index in [9.17, 15) is 43.2 Å². The van der Waals surface area contributed by atoms with Crippen LogP contribution in [0.4, 0.5) is 26.3 Å². The number of alkyl halides is 6. The van der Waals surface area contributed by atoms with Gasteiger partial charge in [-0.25, -0.2) is 16.8 Å². The molecule has 0 amide bonds. The number of halogens is 6. The van der Waals surface area contributed by atoms with Crippen LogP contribution in [-0.2, 0) is 20.0 Å². The topological polar surface area (TPSA) is 116 Å². The van der Waals surface area contributed by atoms with Gasteiger partial charge in [0.05, 0.1) is 6.07 Å². The van der Waals surface area contributed by atoms with Crippen molar-refractivity contribution >= 4 is 38.9 Å². The van der Waals surface area contributed by atoms with Crippen LogP contribution in [0.5, 0.6) is 0 Å². The van der Waals surface area contributed by atoms with Crippen molar-refractivity contribution in [2.24, 2.45) is 0 Å². The second-order valence-electron chi connectivity index (χ2n) is 2.70. The molecule has 0 fully saturated rings. The van der Waals surface area contributed by atoms with Crippen LogP contribution in [-0.4, -0.2) is 52.9 Å². The Hall–Kier alpha value is -0.513. The molecule has 7 nitrogen and oxygen atoms in total. The van der Waals surface area contributed by atoms with Crippen LogP contribution < -0.4 is 9.44 Å². The van der Waals surface area contributed by atoms with Gasteiger partial charge in [-0.15, -0.1) is 0 Å². The summed E-state index contributed by atoms with van der Waals surface area (Å²) >= 11 is 0. The molecule has 0 aromatic carbocycles. The molecule has 0 aromatic rings. The maximum absolute atomic E-state index is 11.8. The van der Waals surface area contributed by atoms with Crippen molar-refractivity contribution in [3.8, 4) is 6.07 Å². The van der Waals surface area contributed by atoms with E-state index in [0.29, 0.717) is 15.5 Å². The minimum atomic E-state index is -6.19. The number of rotatable bonds is 4. The third-order valence-corrected chi connectivity index (χ3v) is 3.60. The standard InChI is InChI=1S/C4H3F6N3O4S2.Li.H/c5-3(6,7)18(14,15)12-2(1-11)13-19(16,17)4(8,9)10;;/h2,12-13H;;. The molecular formula is C4H4F6LiN3O4S2. The van der Waals surface area contributed by atoms with E-state index in [1.807, 2.05) is 0 Å². The molecule has 0 radical (unpaired) electrons. The zero-order valence-electron chi connectivity index (χ0n) is 8.24. The molecule has 0 aliphatic carbocycles. The SMILES string of the molecule is N#CC(NS(=O)(=O)C(F)(F)F)NS(=O)(=O)C(F)(F)F.[LiH]. The van der Waals surface area contributed by atoms with E-state index >= 15 is 0 Å². The van der Waals surface area contributed by atoms with Crippen molar-refractivity contribution < 1.29 is 43.2 Å². The van der Waals surface area contributed by atoms with Gasteiger partial charge in [0.25, 0.3) is 0 Å². The number of nitrogens with zero attached hydrogens (tertiary/aromatic N) is 1. The summed E-state index contributed by atoms with van der Waals surface area (Å²) < 4.78 is 114. The van der Waals surface area contributed by atoms with E-state index in [1.165, 1.54) is 0 Å². The van der Waals surface area contributed by atoms with Crippen molar-refractivity contribution in [1.82, 2.24) is 9.44 Å². The van der Waals surface area contributed by atoms with E-state index in [2.05, 4.69) is 0 Å². The van der Waals surface area contributed by atoms with Crippen LogP contribution in [0.25, 0.3) is 0 Å². The summed E-state index contributed by atoms with van der Waals surface area (Å²) in [5, 5.41) is 8.15. The van der Waals surface area contributed by atoms with Crippen LogP contribution in [0.2, 0.25) is 0 Å². The summed E-state index contributed by atoms with van der Waals surface area (Å²) in [5.74, 6) is 0. The van der Waals surface area contributed by atoms with Gasteiger partial charge < -0.3 is 0 Å². The molecule has 0 saturated heterocycles. The molecule has 16 heteroatoms. The van der Waals surface area contributed by atoms with Gasteiger partial charge in [-0.3, -0.25) is 0 Å². The first-order valence-electron chi connectivity index (χ1n) is 3.71. The molecule has 114 valence electrons. The Morgan fingerprint density at radius 1 is 0.850 bits per heavy atom. The molecule has 0 aromatic heterocycles. The van der Waals surface area contributed by atoms with E-state index in [4.69, 9.17) is 5.26 Å². The summed E-state index contributed by atoms with van der Waals surface area (Å²) in [7, 11) is -12.4. The first kappa shape index (κ1) is 21.8. The van der Waals surface area contributed by atoms with Crippen LogP contribution >= 0.6 is 0 Å². The van der Waals surface area contributed by atoms with E-state index in [0.717, 1.165) is 0 Å². The molecule has 0 saturated carbocycles. The number of sulfonamides is 2. The summed E-state index contributed by atoms with van der Waals surface area (Å²) in [6.45, 7) is 0. The predicted molar refractivity (Wildman–Crippen MR) is 52.8 cm³/mol. The van der Waals surface area contributed by atoms with Crippen molar-refractivity contribution in [2.75, 3.05) is 0 Å². The number of nitrogens with one attached hydrogen (secondary N) is 2. The predicted octanol–water partition coefficient (Wildman–Crippen LogP) is -0.934. The van der Waals surface area contributed by atoms with Gasteiger partial charge in [0.2, 0.25) is 0 Å². The number of nitriles is 1. The van der Waals surface area contributed by atoms with Gasteiger partial charge in [-0.05, 0) is 0 Å². The van der Waals surface area contributed by atoms with E-state index < -0.39 is 37.2 Å². The zero-order chi connectivity index (χ0) is 15.7. The van der Waals surface area contributed by atoms with Crippen molar-refractivity contribution in [3.05, 3.63) is 0 Å². The third kappa shape index (κ3) is 5.47. The fourth-order valence-electron chi connectivity index (χ4n) is 0.521. The van der Waals surface area contributed by atoms with Gasteiger partial charge in [-0.2, -0.15) is 41.0 Å². The van der Waals surface area contributed by atoms with Crippen molar-refractivity contribution in [3.63, 3.8) is 0 Å². The Morgan fingerprint density at radius 3 is 1.25 bits per heavy atom. The minimum absolute atomic E-state index is 0. The second-order valence-corrected chi connectivity index (χ2v) is 6.11. The molecule has 0 aliphatic heterocycles. The third-order valence-electron chi connectivity index (χ3n) is 1.28. The number of hydrogen-bond donors (Lipinski definition) is 2. The van der Waals surface area contributed by atoms with Gasteiger partial charge in [0.1, 0.15) is 0 Å². The molecule has 20 heavy (non-hydrogen) atoms. The molecule has 0 atom stereocenters. The Labute approximate surface area is 120 Å². The summed E-state index contributed by atoms with van der Waals surface area (Å²) in [6, 6.07) is 0.578. The fraction of sp³-hybridized carbons (Fsp3) is 0.750. The normalized spacial score (nSPS) is 13.7. The van der Waals surface area contributed by atoms with Crippen LogP contribution in [0.1, 0.15) is 0 Å². The quantitative estimate of drug-likeness (QED) is 0.389. The monoisotopic (exact) mass is 343 g/mol. The Balaban J connectivity index is 0. The van der Waals surface area contributed by atoms with Gasteiger partial charge in [-0.1, -0.05) is 0 Å². The molecule has 0 unspecified atom stereocenters. The van der Waals surface area contributed by atoms with Gasteiger partial charge >= 0.3 is 49.9 Å². The van der Waals surface area contributed by atoms with Crippen molar-refractivity contribution in [2.45, 2.75) is 17.2 Å². The van der Waals surface area contributed by atoms with Crippen LogP contribution in [0, 0.1) is 11.3 Å². The molecule has 0 bridgehead atoms. The molecular weight excluding hydrogens is 339 g/mol. The summed E-state index contributed by atoms with van der Waals surface area (Å²) in [6.07, 6.45) is -2.97. The summed E-state index contributed by atoms with van der Waals surface area (Å²) in [5.41, 5.74) is -11.8. The fourth-order valence-corrected chi connectivity index (χ4v) is 1.71. The second kappa shape index (κ2) is 6.50. The maximum atomic E-state index is 11.8. The molecule has 0 heterocycles. The van der Waals surface area contributed by atoms with Gasteiger partial charge in [0, 0.05) is 0 Å². The van der Waals surface area contributed by atoms with Crippen LogP contribution in [0.3, 0.4) is 0 Å². The molecule has 0 spiro atoms. The molecule has 2 N–H and O–H groups in total. The first-order valence-corrected chi connectivity index (χ1v) is 6.67. The molecule has 0 aliphatic rings. The number of hydrogen-bond acceptors (Lipinski definition) is 5. The zero-order valence-corrected chi connectivity index (χ0v) is 9.87. The summed E-state index contributed by atoms with van der Waals surface area (Å²) in [4.78, 5) is 0. The Morgan fingerprint density at radius 2 is 1.10 bits per heavy atom. The molecule has 0 rings (SSSR count). The Bertz CT molecular complexity index is 529. The average molecular weight is 343 g/mol. The average Bonchev–Trinajstić information content (AvgIpc) is 2.12. The van der Waals surface area contributed by atoms with Crippen LogP contribution in [0.15, 0.2) is 0 Å². The van der Waals surface area contributed by atoms with E-state index in [1.54, 1.807) is 0 Å². The first-order chi connectivity index (χ1) is 8.14.